The molecule has 1 aliphatic rings. The minimum Gasteiger partial charge on any atom is -0.510 e. The molecule has 0 saturated heterocycles. The predicted molar refractivity (Wildman–Crippen MR) is 47.7 cm³/mol. The summed E-state index contributed by atoms with van der Waals surface area (Å²) in [6.07, 6.45) is 8.06. The third kappa shape index (κ3) is 1.11. The van der Waals surface area contributed by atoms with E-state index in [1.807, 2.05) is 30.4 Å². The number of hydrogen-bond donors (Lipinski definition) is 1. The van der Waals surface area contributed by atoms with Gasteiger partial charge in [-0.05, 0) is 6.07 Å². The Morgan fingerprint density at radius 1 is 1.42 bits per heavy atom. The molecule has 12 heavy (non-hydrogen) atoms. The molecule has 1 aliphatic carbocycles. The van der Waals surface area contributed by atoms with Gasteiger partial charge in [0.1, 0.15) is 11.1 Å². The van der Waals surface area contributed by atoms with Crippen molar-refractivity contribution in [3.8, 4) is 0 Å². The third-order valence-corrected chi connectivity index (χ3v) is 1.84. The highest BCUT2D eigenvalue weighted by atomic mass is 16.3. The summed E-state index contributed by atoms with van der Waals surface area (Å²) in [6, 6.07) is 3.80. The predicted octanol–water partition coefficient (Wildman–Crippen LogP) is 0.488. The maximum Gasteiger partial charge on any atom is 0.122 e. The van der Waals surface area contributed by atoms with Crippen molar-refractivity contribution >= 4 is 11.8 Å². The molecule has 1 heterocycles. The van der Waals surface area contributed by atoms with Crippen LogP contribution < -0.4 is 10.6 Å². The summed E-state index contributed by atoms with van der Waals surface area (Å²) in [6.45, 7) is 0. The average molecular weight is 159 g/mol. The fourth-order valence-electron chi connectivity index (χ4n) is 1.24. The topological polar surface area (TPSA) is 33.1 Å². The molecule has 1 aromatic rings. The Morgan fingerprint density at radius 2 is 2.33 bits per heavy atom. The van der Waals surface area contributed by atoms with E-state index in [2.05, 4.69) is 4.98 Å². The summed E-state index contributed by atoms with van der Waals surface area (Å²) in [5.41, 5.74) is 0. The summed E-state index contributed by atoms with van der Waals surface area (Å²) in [5.74, 6) is 0.343. The summed E-state index contributed by atoms with van der Waals surface area (Å²) >= 11 is 0. The van der Waals surface area contributed by atoms with Crippen molar-refractivity contribution in [2.45, 2.75) is 6.42 Å². The maximum atomic E-state index is 9.52. The van der Waals surface area contributed by atoms with Crippen LogP contribution in [0.15, 0.2) is 30.5 Å². The van der Waals surface area contributed by atoms with Crippen LogP contribution in [0.3, 0.4) is 0 Å². The molecule has 0 atom stereocenters. The van der Waals surface area contributed by atoms with Crippen molar-refractivity contribution in [3.05, 3.63) is 41.0 Å². The largest absolute Gasteiger partial charge is 0.510 e. The monoisotopic (exact) mass is 159 g/mol. The molecule has 0 saturated carbocycles. The zero-order chi connectivity index (χ0) is 8.39. The molecule has 0 spiro atoms. The van der Waals surface area contributed by atoms with Crippen LogP contribution in [0.2, 0.25) is 0 Å². The molecule has 0 amide bonds. The van der Waals surface area contributed by atoms with Gasteiger partial charge >= 0.3 is 0 Å². The smallest absolute Gasteiger partial charge is 0.122 e. The number of allylic oxidation sites excluding steroid dienone is 1. The van der Waals surface area contributed by atoms with Gasteiger partial charge in [-0.2, -0.15) is 0 Å². The molecule has 1 aromatic heterocycles. The van der Waals surface area contributed by atoms with Gasteiger partial charge in [0.15, 0.2) is 0 Å². The van der Waals surface area contributed by atoms with E-state index in [-0.39, 0.29) is 0 Å². The summed E-state index contributed by atoms with van der Waals surface area (Å²) in [7, 11) is 0. The minimum absolute atomic E-state index is 0.343. The molecule has 2 rings (SSSR count). The quantitative estimate of drug-likeness (QED) is 0.597. The number of aromatic nitrogens is 1. The Balaban J connectivity index is 2.88. The van der Waals surface area contributed by atoms with Gasteiger partial charge in [0.2, 0.25) is 0 Å². The molecule has 0 fully saturated rings. The zero-order valence-electron chi connectivity index (χ0n) is 6.57. The summed E-state index contributed by atoms with van der Waals surface area (Å²) in [4.78, 5) is 4.10. The third-order valence-electron chi connectivity index (χ3n) is 1.84. The average Bonchev–Trinajstić information content (AvgIpc) is 2.29. The van der Waals surface area contributed by atoms with Gasteiger partial charge in [-0.1, -0.05) is 24.3 Å². The molecule has 2 heteroatoms. The Bertz CT molecular complexity index is 431. The number of hydrogen-bond acceptors (Lipinski definition) is 2. The van der Waals surface area contributed by atoms with E-state index in [0.29, 0.717) is 17.5 Å². The van der Waals surface area contributed by atoms with Crippen molar-refractivity contribution in [1.82, 2.24) is 4.98 Å². The first kappa shape index (κ1) is 7.10. The lowest BCUT2D eigenvalue weighted by Crippen LogP contribution is -2.29. The van der Waals surface area contributed by atoms with Crippen LogP contribution in [-0.2, 0) is 0 Å². The molecular formula is C10H9NO. The zero-order valence-corrected chi connectivity index (χ0v) is 6.57. The van der Waals surface area contributed by atoms with Gasteiger partial charge in [0, 0.05) is 17.8 Å². The fraction of sp³-hybridized carbons (Fsp3) is 0.100. The first-order valence-corrected chi connectivity index (χ1v) is 3.88. The number of fused-ring (bicyclic) bond motifs is 1. The van der Waals surface area contributed by atoms with Crippen LogP contribution in [0, 0.1) is 0 Å². The molecule has 2 nitrogen and oxygen atoms in total. The maximum absolute atomic E-state index is 9.52. The van der Waals surface area contributed by atoms with Crippen LogP contribution in [-0.4, -0.2) is 10.1 Å². The van der Waals surface area contributed by atoms with E-state index in [1.165, 1.54) is 0 Å². The van der Waals surface area contributed by atoms with Crippen molar-refractivity contribution < 1.29 is 5.11 Å². The molecule has 0 unspecified atom stereocenters. The molecule has 0 bridgehead atoms. The van der Waals surface area contributed by atoms with Crippen LogP contribution >= 0.6 is 0 Å². The van der Waals surface area contributed by atoms with E-state index in [1.54, 1.807) is 6.20 Å². The molecule has 0 aromatic carbocycles. The van der Waals surface area contributed by atoms with Crippen LogP contribution in [0.25, 0.3) is 11.8 Å². The molecule has 0 aliphatic heterocycles. The SMILES string of the molecule is OC1=c2ncccc2=CC=CC1. The Kier molecular flexibility index (Phi) is 1.67. The first-order chi connectivity index (χ1) is 5.88. The van der Waals surface area contributed by atoms with E-state index in [9.17, 15) is 5.11 Å². The first-order valence-electron chi connectivity index (χ1n) is 3.88. The van der Waals surface area contributed by atoms with Crippen LogP contribution in [0.5, 0.6) is 0 Å². The van der Waals surface area contributed by atoms with E-state index < -0.39 is 0 Å². The summed E-state index contributed by atoms with van der Waals surface area (Å²) in [5, 5.41) is 11.2. The molecular weight excluding hydrogens is 150 g/mol. The van der Waals surface area contributed by atoms with Gasteiger partial charge in [-0.15, -0.1) is 0 Å². The van der Waals surface area contributed by atoms with Crippen LogP contribution in [0.1, 0.15) is 6.42 Å². The van der Waals surface area contributed by atoms with Crippen LogP contribution in [0.4, 0.5) is 0 Å². The van der Waals surface area contributed by atoms with Crippen molar-refractivity contribution in [3.63, 3.8) is 0 Å². The van der Waals surface area contributed by atoms with Gasteiger partial charge in [-0.25, -0.2) is 0 Å². The van der Waals surface area contributed by atoms with Gasteiger partial charge in [0.05, 0.1) is 0 Å². The van der Waals surface area contributed by atoms with E-state index in [4.69, 9.17) is 0 Å². The Labute approximate surface area is 70.2 Å². The number of aliphatic hydroxyl groups is 1. The van der Waals surface area contributed by atoms with E-state index >= 15 is 0 Å². The normalized spacial score (nSPS) is 14.8. The van der Waals surface area contributed by atoms with Gasteiger partial charge in [0.25, 0.3) is 0 Å². The number of rotatable bonds is 0. The highest BCUT2D eigenvalue weighted by Crippen LogP contribution is 1.96. The second-order valence-electron chi connectivity index (χ2n) is 2.69. The minimum atomic E-state index is 0.343. The van der Waals surface area contributed by atoms with Crippen molar-refractivity contribution in [2.24, 2.45) is 0 Å². The number of pyridine rings is 1. The van der Waals surface area contributed by atoms with Crippen molar-refractivity contribution in [1.29, 1.82) is 0 Å². The van der Waals surface area contributed by atoms with Gasteiger partial charge < -0.3 is 5.11 Å². The van der Waals surface area contributed by atoms with Crippen molar-refractivity contribution in [2.75, 3.05) is 0 Å². The molecule has 60 valence electrons. The lowest BCUT2D eigenvalue weighted by Gasteiger charge is -1.92. The Morgan fingerprint density at radius 3 is 3.25 bits per heavy atom. The lowest BCUT2D eigenvalue weighted by atomic mass is 10.3. The highest BCUT2D eigenvalue weighted by molar-refractivity contribution is 5.46. The molecule has 1 N–H and O–H groups in total. The molecule has 0 radical (unpaired) electrons. The second kappa shape index (κ2) is 2.81. The number of aliphatic hydroxyl groups excluding tert-OH is 1. The highest BCUT2D eigenvalue weighted by Gasteiger charge is 1.96. The van der Waals surface area contributed by atoms with Gasteiger partial charge in [-0.3, -0.25) is 4.98 Å². The van der Waals surface area contributed by atoms with E-state index in [0.717, 1.165) is 5.22 Å². The second-order valence-corrected chi connectivity index (χ2v) is 2.69. The fourth-order valence-corrected chi connectivity index (χ4v) is 1.24. The summed E-state index contributed by atoms with van der Waals surface area (Å²) < 4.78 is 0. The standard InChI is InChI=1S/C10H9NO/c12-9-6-2-1-4-8-5-3-7-11-10(8)9/h1-5,7,12H,6H2. The Hall–Kier alpha value is -1.57. The number of nitrogens with zero attached hydrogens (tertiary/aromatic N) is 1. The lowest BCUT2D eigenvalue weighted by molar-refractivity contribution is 0.486.